The molecular formula is C16H22Cl2N4O. The third kappa shape index (κ3) is 5.53. The zero-order valence-corrected chi connectivity index (χ0v) is 14.4. The van der Waals surface area contributed by atoms with E-state index in [1.54, 1.807) is 12.5 Å². The van der Waals surface area contributed by atoms with Crippen LogP contribution >= 0.6 is 24.8 Å². The van der Waals surface area contributed by atoms with Crippen LogP contribution in [-0.4, -0.2) is 28.5 Å². The highest BCUT2D eigenvalue weighted by atomic mass is 35.5. The van der Waals surface area contributed by atoms with Gasteiger partial charge in [-0.2, -0.15) is 0 Å². The highest BCUT2D eigenvalue weighted by Crippen LogP contribution is 2.17. The lowest BCUT2D eigenvalue weighted by Crippen LogP contribution is -2.15. The van der Waals surface area contributed by atoms with Crippen LogP contribution in [0.2, 0.25) is 0 Å². The highest BCUT2D eigenvalue weighted by Gasteiger charge is 2.15. The van der Waals surface area contributed by atoms with E-state index in [1.165, 1.54) is 6.42 Å². The Bertz CT molecular complexity index is 598. The molecule has 1 fully saturated rings. The van der Waals surface area contributed by atoms with E-state index in [2.05, 4.69) is 15.6 Å². The van der Waals surface area contributed by atoms with Crippen LogP contribution in [0.3, 0.4) is 0 Å². The van der Waals surface area contributed by atoms with Gasteiger partial charge in [-0.25, -0.2) is 4.98 Å². The van der Waals surface area contributed by atoms with E-state index in [4.69, 9.17) is 0 Å². The summed E-state index contributed by atoms with van der Waals surface area (Å²) >= 11 is 0. The van der Waals surface area contributed by atoms with Crippen molar-refractivity contribution >= 4 is 36.4 Å². The molecule has 7 heteroatoms. The normalized spacial score (nSPS) is 16.3. The minimum Gasteiger partial charge on any atom is -0.326 e. The Morgan fingerprint density at radius 3 is 2.96 bits per heavy atom. The van der Waals surface area contributed by atoms with Crippen molar-refractivity contribution in [2.75, 3.05) is 18.4 Å². The monoisotopic (exact) mass is 356 g/mol. The third-order valence-electron chi connectivity index (χ3n) is 3.87. The number of anilines is 1. The van der Waals surface area contributed by atoms with Gasteiger partial charge in [0.1, 0.15) is 0 Å². The van der Waals surface area contributed by atoms with E-state index >= 15 is 0 Å². The zero-order chi connectivity index (χ0) is 14.5. The molecule has 2 heterocycles. The number of rotatable bonds is 5. The lowest BCUT2D eigenvalue weighted by atomic mass is 10.0. The number of carbonyl (C=O) groups is 1. The average molecular weight is 357 g/mol. The second kappa shape index (κ2) is 9.55. The topological polar surface area (TPSA) is 59.0 Å². The molecule has 1 amide bonds. The Morgan fingerprint density at radius 1 is 1.39 bits per heavy atom. The first-order valence-electron chi connectivity index (χ1n) is 7.40. The molecule has 1 aromatic carbocycles. The second-order valence-corrected chi connectivity index (χ2v) is 5.47. The van der Waals surface area contributed by atoms with Gasteiger partial charge in [0.15, 0.2) is 0 Å². The molecule has 0 spiro atoms. The van der Waals surface area contributed by atoms with Gasteiger partial charge in [0.05, 0.1) is 6.33 Å². The van der Waals surface area contributed by atoms with E-state index in [0.29, 0.717) is 12.3 Å². The van der Waals surface area contributed by atoms with Gasteiger partial charge in [0.2, 0.25) is 5.91 Å². The van der Waals surface area contributed by atoms with Crippen molar-refractivity contribution in [3.63, 3.8) is 0 Å². The molecular weight excluding hydrogens is 335 g/mol. The fourth-order valence-electron chi connectivity index (χ4n) is 2.68. The van der Waals surface area contributed by atoms with Gasteiger partial charge in [-0.15, -0.1) is 24.8 Å². The van der Waals surface area contributed by atoms with Crippen LogP contribution in [0.25, 0.3) is 5.69 Å². The summed E-state index contributed by atoms with van der Waals surface area (Å²) in [6, 6.07) is 7.79. The summed E-state index contributed by atoms with van der Waals surface area (Å²) in [7, 11) is 0. The quantitative estimate of drug-likeness (QED) is 0.865. The van der Waals surface area contributed by atoms with Gasteiger partial charge in [0.25, 0.3) is 0 Å². The first-order chi connectivity index (χ1) is 10.3. The van der Waals surface area contributed by atoms with Gasteiger partial charge in [-0.1, -0.05) is 6.07 Å². The SMILES string of the molecule is Cl.Cl.O=C(CCC1CCNC1)Nc1cccc(-n2ccnc2)c1. The van der Waals surface area contributed by atoms with Gasteiger partial charge in [-0.05, 0) is 50.0 Å². The van der Waals surface area contributed by atoms with Crippen LogP contribution in [0, 0.1) is 5.92 Å². The summed E-state index contributed by atoms with van der Waals surface area (Å²) in [5.41, 5.74) is 1.82. The van der Waals surface area contributed by atoms with Crippen LogP contribution in [-0.2, 0) is 4.79 Å². The third-order valence-corrected chi connectivity index (χ3v) is 3.87. The maximum Gasteiger partial charge on any atom is 0.224 e. The van der Waals surface area contributed by atoms with Crippen molar-refractivity contribution in [2.45, 2.75) is 19.3 Å². The van der Waals surface area contributed by atoms with E-state index in [0.717, 1.165) is 30.9 Å². The molecule has 1 aliphatic heterocycles. The molecule has 23 heavy (non-hydrogen) atoms. The molecule has 126 valence electrons. The maximum absolute atomic E-state index is 12.0. The van der Waals surface area contributed by atoms with E-state index < -0.39 is 0 Å². The molecule has 1 unspecified atom stereocenters. The lowest BCUT2D eigenvalue weighted by Gasteiger charge is -2.10. The van der Waals surface area contributed by atoms with Crippen LogP contribution in [0.15, 0.2) is 43.0 Å². The van der Waals surface area contributed by atoms with Gasteiger partial charge in [-0.3, -0.25) is 4.79 Å². The first kappa shape index (κ1) is 19.5. The molecule has 0 aliphatic carbocycles. The molecule has 1 aliphatic rings. The number of hydrogen-bond acceptors (Lipinski definition) is 3. The summed E-state index contributed by atoms with van der Waals surface area (Å²) in [5.74, 6) is 0.734. The number of imidazole rings is 1. The molecule has 1 saturated heterocycles. The van der Waals surface area contributed by atoms with Gasteiger partial charge >= 0.3 is 0 Å². The number of carbonyl (C=O) groups excluding carboxylic acids is 1. The van der Waals surface area contributed by atoms with Gasteiger partial charge < -0.3 is 15.2 Å². The predicted octanol–water partition coefficient (Wildman–Crippen LogP) is 3.04. The van der Waals surface area contributed by atoms with Crippen molar-refractivity contribution in [3.8, 4) is 5.69 Å². The number of amides is 1. The Balaban J connectivity index is 0.00000132. The van der Waals surface area contributed by atoms with Crippen molar-refractivity contribution in [3.05, 3.63) is 43.0 Å². The molecule has 0 bridgehead atoms. The first-order valence-corrected chi connectivity index (χ1v) is 7.40. The van der Waals surface area contributed by atoms with Crippen molar-refractivity contribution in [1.29, 1.82) is 0 Å². The zero-order valence-electron chi connectivity index (χ0n) is 12.8. The average Bonchev–Trinajstić information content (AvgIpc) is 3.19. The molecule has 1 atom stereocenters. The summed E-state index contributed by atoms with van der Waals surface area (Å²) in [4.78, 5) is 16.0. The van der Waals surface area contributed by atoms with Crippen LogP contribution in [0.1, 0.15) is 19.3 Å². The minimum atomic E-state index is 0. The largest absolute Gasteiger partial charge is 0.326 e. The van der Waals surface area contributed by atoms with Crippen molar-refractivity contribution in [1.82, 2.24) is 14.9 Å². The minimum absolute atomic E-state index is 0. The standard InChI is InChI=1S/C16H20N4O.2ClH/c21-16(5-4-13-6-7-17-11-13)19-14-2-1-3-15(10-14)20-9-8-18-12-20;;/h1-3,8-10,12-13,17H,4-7,11H2,(H,19,21);2*1H. The molecule has 2 N–H and O–H groups in total. The van der Waals surface area contributed by atoms with Crippen LogP contribution in [0.4, 0.5) is 5.69 Å². The smallest absolute Gasteiger partial charge is 0.224 e. The molecule has 0 radical (unpaired) electrons. The van der Waals surface area contributed by atoms with E-state index in [-0.39, 0.29) is 30.7 Å². The van der Waals surface area contributed by atoms with Crippen molar-refractivity contribution < 1.29 is 4.79 Å². The van der Waals surface area contributed by atoms with Gasteiger partial charge in [0, 0.05) is 30.2 Å². The Morgan fingerprint density at radius 2 is 2.26 bits per heavy atom. The molecule has 5 nitrogen and oxygen atoms in total. The van der Waals surface area contributed by atoms with Crippen LogP contribution < -0.4 is 10.6 Å². The van der Waals surface area contributed by atoms with Crippen LogP contribution in [0.5, 0.6) is 0 Å². The molecule has 3 rings (SSSR count). The highest BCUT2D eigenvalue weighted by molar-refractivity contribution is 5.90. The summed E-state index contributed by atoms with van der Waals surface area (Å²) < 4.78 is 1.92. The molecule has 1 aromatic heterocycles. The Labute approximate surface area is 148 Å². The number of aromatic nitrogens is 2. The number of hydrogen-bond donors (Lipinski definition) is 2. The number of nitrogens with one attached hydrogen (secondary N) is 2. The Kier molecular flexibility index (Phi) is 8.09. The summed E-state index contributed by atoms with van der Waals surface area (Å²) in [6.45, 7) is 2.13. The van der Waals surface area contributed by atoms with Crippen molar-refractivity contribution in [2.24, 2.45) is 5.92 Å². The second-order valence-electron chi connectivity index (χ2n) is 5.47. The number of benzene rings is 1. The predicted molar refractivity (Wildman–Crippen MR) is 96.9 cm³/mol. The Hall–Kier alpha value is -1.56. The number of nitrogens with zero attached hydrogens (tertiary/aromatic N) is 2. The van der Waals surface area contributed by atoms with E-state index in [9.17, 15) is 4.79 Å². The summed E-state index contributed by atoms with van der Waals surface area (Å²) in [5, 5.41) is 6.30. The summed E-state index contributed by atoms with van der Waals surface area (Å²) in [6.07, 6.45) is 8.09. The fourth-order valence-corrected chi connectivity index (χ4v) is 2.68. The van der Waals surface area contributed by atoms with E-state index in [1.807, 2.05) is 35.0 Å². The molecule has 0 saturated carbocycles. The lowest BCUT2D eigenvalue weighted by molar-refractivity contribution is -0.116. The maximum atomic E-state index is 12.0. The fraction of sp³-hybridized carbons (Fsp3) is 0.375. The number of halogens is 2. The molecule has 2 aromatic rings.